The van der Waals surface area contributed by atoms with Crippen LogP contribution >= 0.6 is 0 Å². The molecule has 0 saturated carbocycles. The molecule has 0 amide bonds. The summed E-state index contributed by atoms with van der Waals surface area (Å²) in [6.07, 6.45) is 0. The van der Waals surface area contributed by atoms with E-state index in [2.05, 4.69) is 23.0 Å². The van der Waals surface area contributed by atoms with E-state index in [4.69, 9.17) is 28.4 Å². The highest BCUT2D eigenvalue weighted by Gasteiger charge is 2.25. The van der Waals surface area contributed by atoms with E-state index in [0.29, 0.717) is 93.8 Å². The van der Waals surface area contributed by atoms with Crippen LogP contribution < -0.4 is 18.9 Å². The second kappa shape index (κ2) is 24.4. The van der Waals surface area contributed by atoms with Crippen molar-refractivity contribution in [3.05, 3.63) is 213 Å². The highest BCUT2D eigenvalue weighted by molar-refractivity contribution is 6.20. The second-order valence-corrected chi connectivity index (χ2v) is 19.4. The van der Waals surface area contributed by atoms with E-state index in [9.17, 15) is 19.2 Å². The molecule has 0 spiro atoms. The Morgan fingerprint density at radius 2 is 0.662 bits per heavy atom. The molecule has 12 heteroatoms. The molecule has 10 aromatic rings. The van der Waals surface area contributed by atoms with Gasteiger partial charge < -0.3 is 37.6 Å². The molecule has 80 heavy (non-hydrogen) atoms. The second-order valence-electron chi connectivity index (χ2n) is 19.4. The van der Waals surface area contributed by atoms with Gasteiger partial charge >= 0.3 is 0 Å². The molecular formula is C68H64N2O10. The number of ether oxygens (including phenoxy) is 6. The highest BCUT2D eigenvalue weighted by atomic mass is 16.6. The average Bonchev–Trinajstić information content (AvgIpc) is 4.07. The fourth-order valence-electron chi connectivity index (χ4n) is 10.7. The summed E-state index contributed by atoms with van der Waals surface area (Å²) in [4.78, 5) is 56.6. The number of fused-ring (bicyclic) bond motifs is 6. The van der Waals surface area contributed by atoms with Gasteiger partial charge in [0.05, 0.1) is 39.6 Å². The minimum absolute atomic E-state index is 0.0523. The molecule has 0 aliphatic heterocycles. The zero-order valence-electron chi connectivity index (χ0n) is 46.1. The summed E-state index contributed by atoms with van der Waals surface area (Å²) >= 11 is 0. The molecule has 0 saturated heterocycles. The zero-order chi connectivity index (χ0) is 55.9. The van der Waals surface area contributed by atoms with Crippen molar-refractivity contribution in [1.29, 1.82) is 0 Å². The monoisotopic (exact) mass is 1070 g/mol. The average molecular weight is 1070 g/mol. The summed E-state index contributed by atoms with van der Waals surface area (Å²) in [5.74, 6) is 0.954. The number of rotatable bonds is 25. The van der Waals surface area contributed by atoms with Gasteiger partial charge in [-0.3, -0.25) is 19.2 Å². The minimum Gasteiger partial charge on any atom is -0.493 e. The van der Waals surface area contributed by atoms with Gasteiger partial charge in [0.25, 0.3) is 0 Å². The lowest BCUT2D eigenvalue weighted by Gasteiger charge is -2.16. The Hall–Kier alpha value is -8.84. The van der Waals surface area contributed by atoms with E-state index < -0.39 is 0 Å². The summed E-state index contributed by atoms with van der Waals surface area (Å²) < 4.78 is 40.6. The van der Waals surface area contributed by atoms with Crippen molar-refractivity contribution in [3.63, 3.8) is 0 Å². The van der Waals surface area contributed by atoms with Crippen molar-refractivity contribution in [3.8, 4) is 23.0 Å². The lowest BCUT2D eigenvalue weighted by Crippen LogP contribution is -2.15. The largest absolute Gasteiger partial charge is 0.493 e. The van der Waals surface area contributed by atoms with Gasteiger partial charge in [-0.15, -0.1) is 0 Å². The Morgan fingerprint density at radius 3 is 0.988 bits per heavy atom. The van der Waals surface area contributed by atoms with E-state index in [1.54, 1.807) is 36.4 Å². The molecule has 12 nitrogen and oxygen atoms in total. The number of hydrogen-bond donors (Lipinski definition) is 0. The van der Waals surface area contributed by atoms with Gasteiger partial charge in [-0.2, -0.15) is 0 Å². The number of carbonyl (C=O) groups excluding carboxylic acids is 4. The number of hydrogen-bond acceptors (Lipinski definition) is 10. The minimum atomic E-state index is -0.256. The molecule has 0 aliphatic carbocycles. The van der Waals surface area contributed by atoms with E-state index >= 15 is 0 Å². The standard InChI is InChI=1S/C68H64N2O10/c1-7-69-55-29-25-45(65(71)49-19-13-11-17-43(49)5)39-51(55)53-41-47(27-31-57(53)69)67(73)63-59(77-9-3)21-15-23-61(63)79-37-35-75-33-34-76-36-38-80-62-24-16-22-60(78-10-4)64(62)68(74)48-28-32-58-54(42-48)52-40-46(26-30-56(52)70(58)8-2)66(72)50-20-14-12-18-44(50)6/h11-32,39-42H,7-10,33-38H2,1-6H3. The van der Waals surface area contributed by atoms with Crippen molar-refractivity contribution < 1.29 is 47.6 Å². The Balaban J connectivity index is 0.766. The predicted molar refractivity (Wildman–Crippen MR) is 314 cm³/mol. The van der Waals surface area contributed by atoms with Crippen LogP contribution in [-0.2, 0) is 22.6 Å². The van der Waals surface area contributed by atoms with Crippen LogP contribution in [0.25, 0.3) is 43.6 Å². The smallest absolute Gasteiger partial charge is 0.200 e. The molecule has 0 radical (unpaired) electrons. The number of aryl methyl sites for hydroxylation is 4. The molecule has 0 unspecified atom stereocenters. The Bertz CT molecular complexity index is 3720. The van der Waals surface area contributed by atoms with Crippen LogP contribution in [0.5, 0.6) is 23.0 Å². The van der Waals surface area contributed by atoms with Gasteiger partial charge in [-0.25, -0.2) is 0 Å². The normalized spacial score (nSPS) is 11.4. The Kier molecular flexibility index (Phi) is 16.7. The molecular weight excluding hydrogens is 1000 g/mol. The maximum atomic E-state index is 14.6. The van der Waals surface area contributed by atoms with Crippen molar-refractivity contribution >= 4 is 66.7 Å². The molecule has 0 N–H and O–H groups in total. The molecule has 0 atom stereocenters. The van der Waals surface area contributed by atoms with Gasteiger partial charge in [-0.05, 0) is 150 Å². The molecule has 2 aromatic heterocycles. The first-order chi connectivity index (χ1) is 39.0. The maximum Gasteiger partial charge on any atom is 0.200 e. The van der Waals surface area contributed by atoms with Crippen molar-refractivity contribution in [1.82, 2.24) is 9.13 Å². The van der Waals surface area contributed by atoms with E-state index in [-0.39, 0.29) is 62.8 Å². The third-order valence-electron chi connectivity index (χ3n) is 14.6. The fraction of sp³-hybridized carbons (Fsp3) is 0.235. The maximum absolute atomic E-state index is 14.6. The first-order valence-corrected chi connectivity index (χ1v) is 27.4. The van der Waals surface area contributed by atoms with Crippen LogP contribution in [0.4, 0.5) is 0 Å². The summed E-state index contributed by atoms with van der Waals surface area (Å²) in [6, 6.07) is 48.8. The SMILES string of the molecule is CCOc1cccc(OCCOCCOCCOc2cccc(OCC)c2C(=O)c2ccc3c(c2)c2cc(C(=O)c4ccccc4C)ccc2n3CC)c1C(=O)c1ccc2c(c1)c1cc(C(=O)c3ccccc3C)ccc1n2CC. The van der Waals surface area contributed by atoms with E-state index in [1.165, 1.54) is 0 Å². The van der Waals surface area contributed by atoms with Crippen LogP contribution in [0, 0.1) is 13.8 Å². The first kappa shape index (κ1) is 54.5. The lowest BCUT2D eigenvalue weighted by atomic mass is 9.97. The number of aromatic nitrogens is 2. The van der Waals surface area contributed by atoms with Gasteiger partial charge in [-0.1, -0.05) is 60.7 Å². The van der Waals surface area contributed by atoms with Crippen LogP contribution in [0.1, 0.15) is 103 Å². The molecule has 10 rings (SSSR count). The van der Waals surface area contributed by atoms with E-state index in [1.807, 2.05) is 149 Å². The van der Waals surface area contributed by atoms with Gasteiger partial charge in [0.2, 0.25) is 11.6 Å². The topological polar surface area (TPSA) is 134 Å². The summed E-state index contributed by atoms with van der Waals surface area (Å²) in [5.41, 5.74) is 9.71. The Morgan fingerprint density at radius 1 is 0.350 bits per heavy atom. The van der Waals surface area contributed by atoms with E-state index in [0.717, 1.165) is 54.7 Å². The first-order valence-electron chi connectivity index (χ1n) is 27.4. The molecule has 406 valence electrons. The molecule has 8 aromatic carbocycles. The summed E-state index contributed by atoms with van der Waals surface area (Å²) in [5, 5.41) is 3.52. The fourth-order valence-corrected chi connectivity index (χ4v) is 10.7. The van der Waals surface area contributed by atoms with Crippen molar-refractivity contribution in [2.75, 3.05) is 52.9 Å². The van der Waals surface area contributed by atoms with Crippen LogP contribution in [-0.4, -0.2) is 85.1 Å². The third kappa shape index (κ3) is 10.8. The summed E-state index contributed by atoms with van der Waals surface area (Å²) in [7, 11) is 0. The van der Waals surface area contributed by atoms with Gasteiger partial charge in [0.15, 0.2) is 11.6 Å². The third-order valence-corrected chi connectivity index (χ3v) is 14.6. The Labute approximate surface area is 465 Å². The van der Waals surface area contributed by atoms with Crippen molar-refractivity contribution in [2.24, 2.45) is 0 Å². The molecule has 2 heterocycles. The van der Waals surface area contributed by atoms with Gasteiger partial charge in [0.1, 0.15) is 47.3 Å². The number of nitrogens with zero attached hydrogens (tertiary/aromatic N) is 2. The lowest BCUT2D eigenvalue weighted by molar-refractivity contribution is 0.0271. The van der Waals surface area contributed by atoms with Gasteiger partial charge in [0, 0.05) is 90.1 Å². The zero-order valence-corrected chi connectivity index (χ0v) is 46.1. The number of benzene rings is 8. The molecule has 0 bridgehead atoms. The number of ketones is 4. The molecule has 0 fully saturated rings. The number of carbonyl (C=O) groups is 4. The van der Waals surface area contributed by atoms with Crippen LogP contribution in [0.2, 0.25) is 0 Å². The van der Waals surface area contributed by atoms with Crippen LogP contribution in [0.15, 0.2) is 158 Å². The molecule has 0 aliphatic rings. The highest BCUT2D eigenvalue weighted by Crippen LogP contribution is 2.38. The van der Waals surface area contributed by atoms with Crippen molar-refractivity contribution in [2.45, 2.75) is 54.6 Å². The quantitative estimate of drug-likeness (QED) is 0.0402. The predicted octanol–water partition coefficient (Wildman–Crippen LogP) is 13.8. The summed E-state index contributed by atoms with van der Waals surface area (Å²) in [6.45, 7) is 15.2. The van der Waals surface area contributed by atoms with Crippen LogP contribution in [0.3, 0.4) is 0 Å².